The molecule has 0 saturated carbocycles. The Morgan fingerprint density at radius 1 is 0.838 bits per heavy atom. The standard InChI is InChI=1S/C27H22Cl2N2O5S/c28-19-14-20(29)16-21(15-19)37(35,36)31(17-27(33)34)25-11-5-8-22-23(25)9-4-10-24(22)30-26(32)13-12-18-6-2-1-3-7-18/h1-11,14-16H,12-13,17H2,(H,30,32)(H,33,34). The van der Waals surface area contributed by atoms with E-state index in [4.69, 9.17) is 23.2 Å². The van der Waals surface area contributed by atoms with E-state index in [0.717, 1.165) is 9.87 Å². The van der Waals surface area contributed by atoms with Crippen molar-refractivity contribution in [2.75, 3.05) is 16.2 Å². The van der Waals surface area contributed by atoms with E-state index in [2.05, 4.69) is 5.32 Å². The summed E-state index contributed by atoms with van der Waals surface area (Å²) in [6.07, 6.45) is 0.824. The van der Waals surface area contributed by atoms with Crippen LogP contribution in [0.3, 0.4) is 0 Å². The molecule has 37 heavy (non-hydrogen) atoms. The highest BCUT2D eigenvalue weighted by molar-refractivity contribution is 7.92. The fraction of sp³-hybridized carbons (Fsp3) is 0.111. The van der Waals surface area contributed by atoms with Gasteiger partial charge in [0.05, 0.1) is 10.6 Å². The normalized spacial score (nSPS) is 11.3. The molecule has 0 saturated heterocycles. The predicted molar refractivity (Wildman–Crippen MR) is 146 cm³/mol. The summed E-state index contributed by atoms with van der Waals surface area (Å²) in [6.45, 7) is -0.834. The molecule has 0 atom stereocenters. The average molecular weight is 557 g/mol. The van der Waals surface area contributed by atoms with Crippen LogP contribution in [-0.2, 0) is 26.0 Å². The Bertz CT molecular complexity index is 1560. The first-order chi connectivity index (χ1) is 17.6. The van der Waals surface area contributed by atoms with E-state index in [-0.39, 0.29) is 33.0 Å². The molecule has 0 unspecified atom stereocenters. The van der Waals surface area contributed by atoms with Gasteiger partial charge in [-0.3, -0.25) is 13.9 Å². The van der Waals surface area contributed by atoms with Crippen molar-refractivity contribution in [3.63, 3.8) is 0 Å². The topological polar surface area (TPSA) is 104 Å². The third-order valence-corrected chi connectivity index (χ3v) is 7.80. The maximum Gasteiger partial charge on any atom is 0.324 e. The number of carboxylic acids is 1. The van der Waals surface area contributed by atoms with Gasteiger partial charge in [-0.1, -0.05) is 77.8 Å². The zero-order valence-corrected chi connectivity index (χ0v) is 21.7. The van der Waals surface area contributed by atoms with Crippen LogP contribution in [0.25, 0.3) is 10.8 Å². The number of fused-ring (bicyclic) bond motifs is 1. The van der Waals surface area contributed by atoms with Crippen molar-refractivity contribution in [3.8, 4) is 0 Å². The van der Waals surface area contributed by atoms with Crippen molar-refractivity contribution in [2.45, 2.75) is 17.7 Å². The number of carbonyl (C=O) groups is 2. The van der Waals surface area contributed by atoms with E-state index in [1.807, 2.05) is 30.3 Å². The Balaban J connectivity index is 1.71. The fourth-order valence-corrected chi connectivity index (χ4v) is 6.12. The Morgan fingerprint density at radius 2 is 1.49 bits per heavy atom. The number of hydrogen-bond donors (Lipinski definition) is 2. The van der Waals surface area contributed by atoms with Gasteiger partial charge in [-0.25, -0.2) is 8.42 Å². The van der Waals surface area contributed by atoms with E-state index in [1.54, 1.807) is 30.3 Å². The van der Waals surface area contributed by atoms with Gasteiger partial charge in [-0.2, -0.15) is 0 Å². The molecule has 2 N–H and O–H groups in total. The molecule has 0 spiro atoms. The van der Waals surface area contributed by atoms with Gasteiger partial charge in [-0.15, -0.1) is 0 Å². The number of aliphatic carboxylic acids is 1. The molecular formula is C27H22Cl2N2O5S. The summed E-state index contributed by atoms with van der Waals surface area (Å²) in [4.78, 5) is 24.2. The van der Waals surface area contributed by atoms with Crippen molar-refractivity contribution in [1.29, 1.82) is 0 Å². The molecule has 0 aliphatic heterocycles. The van der Waals surface area contributed by atoms with Gasteiger partial charge in [0, 0.05) is 32.9 Å². The Labute approximate surface area is 224 Å². The van der Waals surface area contributed by atoms with Crippen molar-refractivity contribution < 1.29 is 23.1 Å². The van der Waals surface area contributed by atoms with Gasteiger partial charge in [0.25, 0.3) is 10.0 Å². The molecule has 0 bridgehead atoms. The zero-order valence-electron chi connectivity index (χ0n) is 19.4. The highest BCUT2D eigenvalue weighted by atomic mass is 35.5. The quantitative estimate of drug-likeness (QED) is 0.263. The second-order valence-corrected chi connectivity index (χ2v) is 11.0. The first-order valence-electron chi connectivity index (χ1n) is 11.2. The molecule has 0 fully saturated rings. The minimum absolute atomic E-state index is 0.0970. The van der Waals surface area contributed by atoms with Gasteiger partial charge in [0.15, 0.2) is 0 Å². The lowest BCUT2D eigenvalue weighted by molar-refractivity contribution is -0.135. The van der Waals surface area contributed by atoms with E-state index >= 15 is 0 Å². The zero-order chi connectivity index (χ0) is 26.6. The number of halogens is 2. The maximum absolute atomic E-state index is 13.6. The molecule has 4 aromatic rings. The summed E-state index contributed by atoms with van der Waals surface area (Å²) in [5.41, 5.74) is 1.65. The number of anilines is 2. The fourth-order valence-electron chi connectivity index (χ4n) is 3.96. The van der Waals surface area contributed by atoms with Crippen molar-refractivity contribution >= 4 is 67.2 Å². The van der Waals surface area contributed by atoms with Crippen LogP contribution < -0.4 is 9.62 Å². The van der Waals surface area contributed by atoms with Crippen LogP contribution in [0.5, 0.6) is 0 Å². The Kier molecular flexibility index (Phi) is 8.02. The molecule has 0 aromatic heterocycles. The summed E-state index contributed by atoms with van der Waals surface area (Å²) in [5.74, 6) is -1.55. The summed E-state index contributed by atoms with van der Waals surface area (Å²) in [7, 11) is -4.36. The first kappa shape index (κ1) is 26.5. The molecule has 4 aromatic carbocycles. The summed E-state index contributed by atoms with van der Waals surface area (Å²) in [6, 6.07) is 23.3. The number of rotatable bonds is 9. The third kappa shape index (κ3) is 6.22. The Hall–Kier alpha value is -3.59. The predicted octanol–water partition coefficient (Wildman–Crippen LogP) is 6.00. The van der Waals surface area contributed by atoms with E-state index < -0.39 is 22.5 Å². The number of benzene rings is 4. The minimum atomic E-state index is -4.36. The van der Waals surface area contributed by atoms with Crippen molar-refractivity contribution in [1.82, 2.24) is 0 Å². The number of hydrogen-bond acceptors (Lipinski definition) is 4. The van der Waals surface area contributed by atoms with Gasteiger partial charge in [0.2, 0.25) is 5.91 Å². The van der Waals surface area contributed by atoms with Crippen LogP contribution in [0.15, 0.2) is 89.8 Å². The second kappa shape index (κ2) is 11.2. The van der Waals surface area contributed by atoms with E-state index in [0.29, 0.717) is 22.9 Å². The monoisotopic (exact) mass is 556 g/mol. The van der Waals surface area contributed by atoms with Crippen LogP contribution in [0, 0.1) is 0 Å². The lowest BCUT2D eigenvalue weighted by Gasteiger charge is -2.25. The molecule has 0 aliphatic carbocycles. The largest absolute Gasteiger partial charge is 0.480 e. The van der Waals surface area contributed by atoms with Crippen molar-refractivity contribution in [2.24, 2.45) is 0 Å². The molecule has 1 amide bonds. The number of nitrogens with zero attached hydrogens (tertiary/aromatic N) is 1. The number of nitrogens with one attached hydrogen (secondary N) is 1. The number of sulfonamides is 1. The molecule has 0 aliphatic rings. The summed E-state index contributed by atoms with van der Waals surface area (Å²) < 4.78 is 27.9. The number of aryl methyl sites for hydroxylation is 1. The minimum Gasteiger partial charge on any atom is -0.480 e. The highest BCUT2D eigenvalue weighted by Gasteiger charge is 2.29. The van der Waals surface area contributed by atoms with Gasteiger partial charge >= 0.3 is 5.97 Å². The maximum atomic E-state index is 13.6. The van der Waals surface area contributed by atoms with Crippen LogP contribution in [-0.4, -0.2) is 31.9 Å². The Morgan fingerprint density at radius 3 is 2.16 bits per heavy atom. The van der Waals surface area contributed by atoms with Crippen LogP contribution in [0.1, 0.15) is 12.0 Å². The molecule has 7 nitrogen and oxygen atoms in total. The lowest BCUT2D eigenvalue weighted by Crippen LogP contribution is -2.36. The third-order valence-electron chi connectivity index (χ3n) is 5.63. The molecule has 0 radical (unpaired) electrons. The molecular weight excluding hydrogens is 535 g/mol. The van der Waals surface area contributed by atoms with Gasteiger partial charge in [-0.05, 0) is 42.3 Å². The number of carbonyl (C=O) groups excluding carboxylic acids is 1. The van der Waals surface area contributed by atoms with Gasteiger partial charge in [0.1, 0.15) is 6.54 Å². The molecule has 10 heteroatoms. The number of amides is 1. The average Bonchev–Trinajstić information content (AvgIpc) is 2.86. The summed E-state index contributed by atoms with van der Waals surface area (Å²) >= 11 is 12.0. The van der Waals surface area contributed by atoms with Crippen LogP contribution in [0.2, 0.25) is 10.0 Å². The van der Waals surface area contributed by atoms with Crippen LogP contribution in [0.4, 0.5) is 11.4 Å². The van der Waals surface area contributed by atoms with Crippen LogP contribution >= 0.6 is 23.2 Å². The molecule has 190 valence electrons. The van der Waals surface area contributed by atoms with E-state index in [9.17, 15) is 23.1 Å². The first-order valence-corrected chi connectivity index (χ1v) is 13.4. The second-order valence-electron chi connectivity index (χ2n) is 8.22. The lowest BCUT2D eigenvalue weighted by atomic mass is 10.1. The van der Waals surface area contributed by atoms with Crippen molar-refractivity contribution in [3.05, 3.63) is 101 Å². The highest BCUT2D eigenvalue weighted by Crippen LogP contribution is 2.35. The summed E-state index contributed by atoms with van der Waals surface area (Å²) in [5, 5.41) is 13.6. The van der Waals surface area contributed by atoms with Gasteiger partial charge < -0.3 is 10.4 Å². The molecule has 4 rings (SSSR count). The molecule has 0 heterocycles. The smallest absolute Gasteiger partial charge is 0.324 e. The number of carboxylic acid groups (broad SMARTS) is 1. The van der Waals surface area contributed by atoms with E-state index in [1.165, 1.54) is 24.3 Å². The SMILES string of the molecule is O=C(O)CN(c1cccc2c(NC(=O)CCc3ccccc3)cccc12)S(=O)(=O)c1cc(Cl)cc(Cl)c1.